The van der Waals surface area contributed by atoms with E-state index in [1.54, 1.807) is 18.7 Å². The topological polar surface area (TPSA) is 114 Å². The Bertz CT molecular complexity index is 676. The van der Waals surface area contributed by atoms with Crippen LogP contribution in [0, 0.1) is 18.8 Å². The Balaban J connectivity index is 1.44. The van der Waals surface area contributed by atoms with E-state index in [2.05, 4.69) is 15.8 Å². The number of aromatic nitrogens is 1. The average Bonchev–Trinajstić information content (AvgIpc) is 2.96. The van der Waals surface area contributed by atoms with Crippen molar-refractivity contribution in [1.29, 1.82) is 0 Å². The maximum Gasteiger partial charge on any atom is 0.257 e. The molecular formula is C16H22N4O5. The number of carbonyl (C=O) groups is 3. The number of rotatable bonds is 6. The van der Waals surface area contributed by atoms with Crippen LogP contribution in [0.2, 0.25) is 0 Å². The smallest absolute Gasteiger partial charge is 0.257 e. The zero-order valence-electron chi connectivity index (χ0n) is 14.4. The minimum Gasteiger partial charge on any atom is -0.375 e. The summed E-state index contributed by atoms with van der Waals surface area (Å²) in [5.74, 6) is 0.318. The van der Waals surface area contributed by atoms with Gasteiger partial charge in [0.2, 0.25) is 11.8 Å². The third kappa shape index (κ3) is 3.51. The largest absolute Gasteiger partial charge is 0.375 e. The van der Waals surface area contributed by atoms with E-state index in [4.69, 9.17) is 9.26 Å². The molecule has 3 amide bonds. The van der Waals surface area contributed by atoms with Crippen LogP contribution in [0.4, 0.5) is 0 Å². The van der Waals surface area contributed by atoms with Crippen LogP contribution in [-0.4, -0.2) is 66.7 Å². The number of fused-ring (bicyclic) bond motifs is 1. The van der Waals surface area contributed by atoms with E-state index in [0.29, 0.717) is 24.4 Å². The summed E-state index contributed by atoms with van der Waals surface area (Å²) in [4.78, 5) is 37.9. The van der Waals surface area contributed by atoms with Gasteiger partial charge < -0.3 is 24.8 Å². The second-order valence-corrected chi connectivity index (χ2v) is 6.58. The lowest BCUT2D eigenvalue weighted by Crippen LogP contribution is -2.47. The van der Waals surface area contributed by atoms with Crippen LogP contribution in [0.5, 0.6) is 0 Å². The molecule has 2 fully saturated rings. The lowest BCUT2D eigenvalue weighted by molar-refractivity contribution is -0.134. The highest BCUT2D eigenvalue weighted by Crippen LogP contribution is 2.45. The summed E-state index contributed by atoms with van der Waals surface area (Å²) in [6, 6.07) is -0.606. The molecule has 0 spiro atoms. The number of methoxy groups -OCH3 is 1. The van der Waals surface area contributed by atoms with Gasteiger partial charge in [-0.1, -0.05) is 5.16 Å². The van der Waals surface area contributed by atoms with Crippen molar-refractivity contribution in [3.05, 3.63) is 17.5 Å². The first-order valence-corrected chi connectivity index (χ1v) is 8.21. The number of likely N-dealkylation sites (tertiary alicyclic amines) is 1. The fourth-order valence-corrected chi connectivity index (χ4v) is 3.30. The second kappa shape index (κ2) is 6.83. The summed E-state index contributed by atoms with van der Waals surface area (Å²) in [5.41, 5.74) is 0.315. The van der Waals surface area contributed by atoms with E-state index in [9.17, 15) is 14.4 Å². The molecule has 0 aromatic carbocycles. The van der Waals surface area contributed by atoms with Crippen molar-refractivity contribution < 1.29 is 23.6 Å². The van der Waals surface area contributed by atoms with Crippen LogP contribution in [0.15, 0.2) is 10.7 Å². The molecule has 1 aliphatic heterocycles. The van der Waals surface area contributed by atoms with Gasteiger partial charge in [-0.2, -0.15) is 0 Å². The Hall–Kier alpha value is -2.42. The average molecular weight is 350 g/mol. The van der Waals surface area contributed by atoms with Crippen molar-refractivity contribution >= 4 is 17.7 Å². The van der Waals surface area contributed by atoms with E-state index < -0.39 is 11.9 Å². The zero-order chi connectivity index (χ0) is 18.1. The van der Waals surface area contributed by atoms with E-state index in [1.165, 1.54) is 13.3 Å². The number of hydrogen-bond donors (Lipinski definition) is 2. The van der Waals surface area contributed by atoms with Gasteiger partial charge in [0.05, 0.1) is 6.20 Å². The summed E-state index contributed by atoms with van der Waals surface area (Å²) in [6.07, 6.45) is 1.33. The van der Waals surface area contributed by atoms with Crippen molar-refractivity contribution in [3.8, 4) is 0 Å². The second-order valence-electron chi connectivity index (χ2n) is 6.58. The van der Waals surface area contributed by atoms with Crippen molar-refractivity contribution in [3.63, 3.8) is 0 Å². The molecule has 4 atom stereocenters. The number of nitrogens with zero attached hydrogens (tertiary/aromatic N) is 2. The van der Waals surface area contributed by atoms with Gasteiger partial charge in [-0.3, -0.25) is 14.4 Å². The highest BCUT2D eigenvalue weighted by atomic mass is 16.5. The highest BCUT2D eigenvalue weighted by molar-refractivity contribution is 5.97. The Morgan fingerprint density at radius 2 is 2.08 bits per heavy atom. The maximum absolute atomic E-state index is 12.3. The number of nitrogens with one attached hydrogen (secondary N) is 2. The molecule has 9 heteroatoms. The number of carbonyl (C=O) groups excluding carboxylic acids is 3. The molecule has 136 valence electrons. The molecule has 0 bridgehead atoms. The van der Waals surface area contributed by atoms with Crippen molar-refractivity contribution in [2.45, 2.75) is 25.9 Å². The molecule has 1 saturated carbocycles. The molecule has 0 radical (unpaired) electrons. The van der Waals surface area contributed by atoms with E-state index in [1.807, 2.05) is 0 Å². The van der Waals surface area contributed by atoms with Gasteiger partial charge in [-0.05, 0) is 13.8 Å². The predicted molar refractivity (Wildman–Crippen MR) is 85.5 cm³/mol. The Morgan fingerprint density at radius 1 is 1.40 bits per heavy atom. The summed E-state index contributed by atoms with van der Waals surface area (Å²) < 4.78 is 9.70. The molecule has 1 aliphatic carbocycles. The highest BCUT2D eigenvalue weighted by Gasteiger charge is 2.57. The lowest BCUT2D eigenvalue weighted by atomic mass is 10.2. The first kappa shape index (κ1) is 17.4. The molecule has 9 nitrogen and oxygen atoms in total. The molecule has 1 aromatic rings. The van der Waals surface area contributed by atoms with E-state index in [-0.39, 0.29) is 36.3 Å². The standard InChI is InChI=1S/C16H22N4O5/c1-8(18-16(23)10-4-17-25-9(10)2)15(22)19-14-11-5-20(6-12(11)14)13(21)7-24-3/h4,8,11-12,14H,5-7H2,1-3H3,(H,18,23)(H,19,22)/t8?,11-,12+,14?. The fraction of sp³-hybridized carbons (Fsp3) is 0.625. The van der Waals surface area contributed by atoms with Gasteiger partial charge in [-0.15, -0.1) is 0 Å². The minimum absolute atomic E-state index is 0.0236. The van der Waals surface area contributed by atoms with Crippen LogP contribution >= 0.6 is 0 Å². The third-order valence-electron chi connectivity index (χ3n) is 4.86. The summed E-state index contributed by atoms with van der Waals surface area (Å²) in [5, 5.41) is 9.13. The number of hydrogen-bond acceptors (Lipinski definition) is 6. The lowest BCUT2D eigenvalue weighted by Gasteiger charge is -2.20. The summed E-state index contributed by atoms with van der Waals surface area (Å²) in [6.45, 7) is 4.62. The molecular weight excluding hydrogens is 328 g/mol. The van der Waals surface area contributed by atoms with Gasteiger partial charge >= 0.3 is 0 Å². The van der Waals surface area contributed by atoms with Crippen molar-refractivity contribution in [1.82, 2.24) is 20.7 Å². The van der Waals surface area contributed by atoms with Crippen LogP contribution in [0.1, 0.15) is 23.0 Å². The number of aryl methyl sites for hydroxylation is 1. The van der Waals surface area contributed by atoms with E-state index in [0.717, 1.165) is 0 Å². The molecule has 2 N–H and O–H groups in total. The van der Waals surface area contributed by atoms with Crippen LogP contribution in [0.25, 0.3) is 0 Å². The van der Waals surface area contributed by atoms with Crippen molar-refractivity contribution in [2.75, 3.05) is 26.8 Å². The monoisotopic (exact) mass is 350 g/mol. The van der Waals surface area contributed by atoms with Gasteiger partial charge in [0.15, 0.2) is 0 Å². The molecule has 2 unspecified atom stereocenters. The van der Waals surface area contributed by atoms with Crippen LogP contribution in [-0.2, 0) is 14.3 Å². The Morgan fingerprint density at radius 3 is 2.64 bits per heavy atom. The number of amides is 3. The van der Waals surface area contributed by atoms with Crippen LogP contribution < -0.4 is 10.6 Å². The maximum atomic E-state index is 12.3. The van der Waals surface area contributed by atoms with Gasteiger partial charge in [0, 0.05) is 38.1 Å². The number of piperidine rings is 1. The minimum atomic E-state index is -0.672. The van der Waals surface area contributed by atoms with Gasteiger partial charge in [0.25, 0.3) is 5.91 Å². The Kier molecular flexibility index (Phi) is 4.76. The first-order chi connectivity index (χ1) is 11.9. The summed E-state index contributed by atoms with van der Waals surface area (Å²) >= 11 is 0. The molecule has 1 saturated heterocycles. The van der Waals surface area contributed by atoms with Gasteiger partial charge in [-0.25, -0.2) is 0 Å². The normalized spacial score (nSPS) is 25.2. The summed E-state index contributed by atoms with van der Waals surface area (Å²) in [7, 11) is 1.49. The SMILES string of the molecule is COCC(=O)N1C[C@@H]2C(NC(=O)C(C)NC(=O)c3cnoc3C)[C@@H]2C1. The third-order valence-corrected chi connectivity index (χ3v) is 4.86. The molecule has 3 rings (SSSR count). The van der Waals surface area contributed by atoms with E-state index >= 15 is 0 Å². The number of ether oxygens (including phenoxy) is 1. The fourth-order valence-electron chi connectivity index (χ4n) is 3.30. The zero-order valence-corrected chi connectivity index (χ0v) is 14.4. The first-order valence-electron chi connectivity index (χ1n) is 8.21. The molecule has 1 aromatic heterocycles. The quantitative estimate of drug-likeness (QED) is 0.703. The molecule has 2 heterocycles. The van der Waals surface area contributed by atoms with Gasteiger partial charge in [0.1, 0.15) is 24.0 Å². The molecule has 25 heavy (non-hydrogen) atoms. The van der Waals surface area contributed by atoms with Crippen molar-refractivity contribution in [2.24, 2.45) is 11.8 Å². The van der Waals surface area contributed by atoms with Crippen LogP contribution in [0.3, 0.4) is 0 Å². The molecule has 2 aliphatic rings. The predicted octanol–water partition coefficient (Wildman–Crippen LogP) is -0.679. The Labute approximate surface area is 145 Å².